The SMILES string of the molecule is Cc1cc(C)cc(C(=O)N(Cc2cccnc2)c2nc3c(Cl)cccc3s2)c1. The summed E-state index contributed by atoms with van der Waals surface area (Å²) in [5.41, 5.74) is 4.40. The number of carbonyl (C=O) groups excluding carboxylic acids is 1. The Balaban J connectivity index is 1.80. The van der Waals surface area contributed by atoms with Crippen LogP contribution in [0, 0.1) is 13.8 Å². The second-order valence-electron chi connectivity index (χ2n) is 6.71. The van der Waals surface area contributed by atoms with Crippen LogP contribution in [-0.2, 0) is 6.54 Å². The number of carbonyl (C=O) groups is 1. The lowest BCUT2D eigenvalue weighted by atomic mass is 10.1. The molecule has 0 unspecified atom stereocenters. The number of hydrogen-bond acceptors (Lipinski definition) is 4. The maximum absolute atomic E-state index is 13.5. The molecule has 1 amide bonds. The molecule has 0 N–H and O–H groups in total. The van der Waals surface area contributed by atoms with Gasteiger partial charge in [-0.25, -0.2) is 4.98 Å². The molecule has 0 radical (unpaired) electrons. The van der Waals surface area contributed by atoms with Gasteiger partial charge in [0.25, 0.3) is 5.91 Å². The minimum Gasteiger partial charge on any atom is -0.279 e. The van der Waals surface area contributed by atoms with Crippen molar-refractivity contribution >= 4 is 44.2 Å². The fourth-order valence-electron chi connectivity index (χ4n) is 3.17. The average molecular weight is 408 g/mol. The summed E-state index contributed by atoms with van der Waals surface area (Å²) in [7, 11) is 0. The first-order valence-electron chi connectivity index (χ1n) is 8.85. The first-order valence-corrected chi connectivity index (χ1v) is 10.0. The molecule has 0 aliphatic heterocycles. The molecule has 4 rings (SSSR count). The van der Waals surface area contributed by atoms with E-state index in [1.807, 2.05) is 56.3 Å². The predicted octanol–water partition coefficient (Wildman–Crippen LogP) is 5.81. The number of fused-ring (bicyclic) bond motifs is 1. The molecule has 0 atom stereocenters. The maximum Gasteiger partial charge on any atom is 0.260 e. The Hall–Kier alpha value is -2.76. The van der Waals surface area contributed by atoms with Gasteiger partial charge >= 0.3 is 0 Å². The van der Waals surface area contributed by atoms with E-state index >= 15 is 0 Å². The normalized spacial score (nSPS) is 11.0. The molecule has 2 heterocycles. The second-order valence-corrected chi connectivity index (χ2v) is 8.13. The van der Waals surface area contributed by atoms with E-state index in [4.69, 9.17) is 11.6 Å². The molecule has 2 aromatic heterocycles. The van der Waals surface area contributed by atoms with E-state index in [9.17, 15) is 4.79 Å². The van der Waals surface area contributed by atoms with Crippen molar-refractivity contribution in [2.45, 2.75) is 20.4 Å². The molecule has 0 saturated heterocycles. The minimum absolute atomic E-state index is 0.0918. The molecule has 0 spiro atoms. The number of anilines is 1. The van der Waals surface area contributed by atoms with Crippen molar-refractivity contribution in [2.24, 2.45) is 0 Å². The third-order valence-corrected chi connectivity index (χ3v) is 5.72. The number of nitrogens with zero attached hydrogens (tertiary/aromatic N) is 3. The number of hydrogen-bond donors (Lipinski definition) is 0. The number of pyridine rings is 1. The lowest BCUT2D eigenvalue weighted by Gasteiger charge is -2.20. The largest absolute Gasteiger partial charge is 0.279 e. The molecule has 4 nitrogen and oxygen atoms in total. The number of rotatable bonds is 4. The van der Waals surface area contributed by atoms with E-state index in [-0.39, 0.29) is 5.91 Å². The van der Waals surface area contributed by atoms with Gasteiger partial charge in [-0.2, -0.15) is 0 Å². The lowest BCUT2D eigenvalue weighted by Crippen LogP contribution is -2.30. The zero-order valence-corrected chi connectivity index (χ0v) is 17.1. The first kappa shape index (κ1) is 18.6. The summed E-state index contributed by atoms with van der Waals surface area (Å²) in [4.78, 5) is 24.0. The van der Waals surface area contributed by atoms with Crippen molar-refractivity contribution in [3.8, 4) is 0 Å². The lowest BCUT2D eigenvalue weighted by molar-refractivity contribution is 0.0985. The molecule has 0 saturated carbocycles. The Morgan fingerprint density at radius 1 is 1.11 bits per heavy atom. The van der Waals surface area contributed by atoms with Crippen molar-refractivity contribution in [3.63, 3.8) is 0 Å². The number of benzene rings is 2. The van der Waals surface area contributed by atoms with Crippen LogP contribution in [0.25, 0.3) is 10.2 Å². The zero-order valence-electron chi connectivity index (χ0n) is 15.5. The van der Waals surface area contributed by atoms with Crippen LogP contribution in [-0.4, -0.2) is 15.9 Å². The molecule has 0 bridgehead atoms. The summed E-state index contributed by atoms with van der Waals surface area (Å²) in [6.07, 6.45) is 3.49. The standard InChI is InChI=1S/C22H18ClN3OS/c1-14-9-15(2)11-17(10-14)21(27)26(13-16-5-4-8-24-12-16)22-25-20-18(23)6-3-7-19(20)28-22/h3-12H,13H2,1-2H3. The third-order valence-electron chi connectivity index (χ3n) is 4.37. The van der Waals surface area contributed by atoms with Gasteiger partial charge < -0.3 is 0 Å². The van der Waals surface area contributed by atoms with Crippen LogP contribution in [0.15, 0.2) is 60.9 Å². The topological polar surface area (TPSA) is 46.1 Å². The van der Waals surface area contributed by atoms with Crippen LogP contribution < -0.4 is 4.90 Å². The van der Waals surface area contributed by atoms with Crippen molar-refractivity contribution in [3.05, 3.63) is 88.2 Å². The fraction of sp³-hybridized carbons (Fsp3) is 0.136. The highest BCUT2D eigenvalue weighted by Gasteiger charge is 2.23. The maximum atomic E-state index is 13.5. The summed E-state index contributed by atoms with van der Waals surface area (Å²) in [6.45, 7) is 4.37. The van der Waals surface area contributed by atoms with Gasteiger partial charge in [0.1, 0.15) is 5.52 Å². The Labute approximate surface area is 172 Å². The quantitative estimate of drug-likeness (QED) is 0.429. The van der Waals surface area contributed by atoms with E-state index in [0.29, 0.717) is 27.8 Å². The molecule has 140 valence electrons. The molecule has 4 aromatic rings. The summed E-state index contributed by atoms with van der Waals surface area (Å²) in [6, 6.07) is 15.4. The van der Waals surface area contributed by atoms with Gasteiger partial charge in [0, 0.05) is 18.0 Å². The van der Waals surface area contributed by atoms with E-state index < -0.39 is 0 Å². The Morgan fingerprint density at radius 2 is 1.89 bits per heavy atom. The molecular formula is C22H18ClN3OS. The van der Waals surface area contributed by atoms with Gasteiger partial charge in [-0.05, 0) is 49.7 Å². The number of thiazole rings is 1. The molecule has 28 heavy (non-hydrogen) atoms. The zero-order chi connectivity index (χ0) is 19.7. The first-order chi connectivity index (χ1) is 13.5. The van der Waals surface area contributed by atoms with Gasteiger partial charge in [-0.15, -0.1) is 0 Å². The second kappa shape index (κ2) is 7.70. The Morgan fingerprint density at radius 3 is 2.57 bits per heavy atom. The van der Waals surface area contributed by atoms with E-state index in [0.717, 1.165) is 21.4 Å². The molecule has 6 heteroatoms. The van der Waals surface area contributed by atoms with Crippen LogP contribution in [0.2, 0.25) is 5.02 Å². The summed E-state index contributed by atoms with van der Waals surface area (Å²) in [5, 5.41) is 1.20. The molecule has 0 fully saturated rings. The average Bonchev–Trinajstić information content (AvgIpc) is 3.11. The van der Waals surface area contributed by atoms with E-state index in [1.54, 1.807) is 17.3 Å². The highest BCUT2D eigenvalue weighted by atomic mass is 35.5. The van der Waals surface area contributed by atoms with Crippen LogP contribution in [0.3, 0.4) is 0 Å². The van der Waals surface area contributed by atoms with Gasteiger partial charge in [-0.3, -0.25) is 14.7 Å². The van der Waals surface area contributed by atoms with Crippen LogP contribution in [0.1, 0.15) is 27.0 Å². The van der Waals surface area contributed by atoms with Gasteiger partial charge in [0.15, 0.2) is 5.13 Å². The van der Waals surface area contributed by atoms with Gasteiger partial charge in [0.05, 0.1) is 16.3 Å². The smallest absolute Gasteiger partial charge is 0.260 e. The van der Waals surface area contributed by atoms with E-state index in [1.165, 1.54) is 11.3 Å². The third kappa shape index (κ3) is 3.77. The number of para-hydroxylation sites is 1. The highest BCUT2D eigenvalue weighted by molar-refractivity contribution is 7.22. The molecular weight excluding hydrogens is 390 g/mol. The summed E-state index contributed by atoms with van der Waals surface area (Å²) in [5.74, 6) is -0.0918. The van der Waals surface area contributed by atoms with Crippen LogP contribution >= 0.6 is 22.9 Å². The highest BCUT2D eigenvalue weighted by Crippen LogP contribution is 2.34. The van der Waals surface area contributed by atoms with Crippen LogP contribution in [0.4, 0.5) is 5.13 Å². The molecule has 0 aliphatic rings. The van der Waals surface area contributed by atoms with Crippen molar-refractivity contribution in [2.75, 3.05) is 4.90 Å². The fourth-order valence-corrected chi connectivity index (χ4v) is 4.44. The number of aromatic nitrogens is 2. The molecule has 0 aliphatic carbocycles. The van der Waals surface area contributed by atoms with Crippen molar-refractivity contribution in [1.29, 1.82) is 0 Å². The monoisotopic (exact) mass is 407 g/mol. The number of amides is 1. The van der Waals surface area contributed by atoms with E-state index in [2.05, 4.69) is 16.0 Å². The molecule has 2 aromatic carbocycles. The van der Waals surface area contributed by atoms with Gasteiger partial charge in [0.2, 0.25) is 0 Å². The number of halogens is 1. The summed E-state index contributed by atoms with van der Waals surface area (Å²) < 4.78 is 0.951. The Kier molecular flexibility index (Phi) is 5.11. The van der Waals surface area contributed by atoms with Crippen molar-refractivity contribution in [1.82, 2.24) is 9.97 Å². The van der Waals surface area contributed by atoms with Crippen LogP contribution in [0.5, 0.6) is 0 Å². The van der Waals surface area contributed by atoms with Crippen molar-refractivity contribution < 1.29 is 4.79 Å². The number of aryl methyl sites for hydroxylation is 2. The van der Waals surface area contributed by atoms with Gasteiger partial charge in [-0.1, -0.05) is 52.3 Å². The minimum atomic E-state index is -0.0918. The predicted molar refractivity (Wildman–Crippen MR) is 115 cm³/mol. The summed E-state index contributed by atoms with van der Waals surface area (Å²) >= 11 is 7.76. The Bertz CT molecular complexity index is 1140.